The Morgan fingerprint density at radius 2 is 0.702 bits per heavy atom. The van der Waals surface area contributed by atoms with Gasteiger partial charge in [-0.25, -0.2) is 29.6 Å². The Bertz CT molecular complexity index is 6520. The van der Waals surface area contributed by atoms with Crippen LogP contribution in [0.4, 0.5) is 0 Å². The first-order chi connectivity index (χ1) is 55.0. The number of amides is 4. The molecule has 6 aromatic heterocycles. The highest BCUT2D eigenvalue weighted by molar-refractivity contribution is 6.35. The van der Waals surface area contributed by atoms with Gasteiger partial charge in [0, 0.05) is 38.6 Å². The summed E-state index contributed by atoms with van der Waals surface area (Å²) < 4.78 is 42.5. The van der Waals surface area contributed by atoms with Crippen molar-refractivity contribution in [2.75, 3.05) is 42.7 Å². The van der Waals surface area contributed by atoms with Crippen LogP contribution in [-0.4, -0.2) is 141 Å². The van der Waals surface area contributed by atoms with E-state index in [1.54, 1.807) is 102 Å². The highest BCUT2D eigenvalue weighted by Gasteiger charge is 2.40. The number of hydrogen-bond acceptors (Lipinski definition) is 18. The fraction of sp³-hybridized carbons (Fsp3) is 0.114. The Kier molecular flexibility index (Phi) is 19.5. The van der Waals surface area contributed by atoms with Crippen LogP contribution in [0.1, 0.15) is 129 Å². The van der Waals surface area contributed by atoms with Crippen LogP contribution in [0.25, 0.3) is 66.8 Å². The van der Waals surface area contributed by atoms with E-state index in [2.05, 4.69) is 39.9 Å². The van der Waals surface area contributed by atoms with Crippen molar-refractivity contribution in [1.82, 2.24) is 19.9 Å². The Morgan fingerprint density at radius 3 is 1.21 bits per heavy atom. The number of carbonyl (C=O) groups is 6. The van der Waals surface area contributed by atoms with Gasteiger partial charge in [0.15, 0.2) is 35.0 Å². The summed E-state index contributed by atoms with van der Waals surface area (Å²) >= 11 is 0. The summed E-state index contributed by atoms with van der Waals surface area (Å²) in [5.41, 5.74) is 12.3. The average Bonchev–Trinajstić information content (AvgIpc) is 1.59. The third-order valence-corrected chi connectivity index (χ3v) is 19.6. The number of nitrogens with zero attached hydrogens (tertiary/aromatic N) is 4. The van der Waals surface area contributed by atoms with Gasteiger partial charge in [-0.1, -0.05) is 84.9 Å². The minimum atomic E-state index is -0.543. The molecule has 0 spiro atoms. The van der Waals surface area contributed by atoms with Crippen molar-refractivity contribution in [3.8, 4) is 91.7 Å². The van der Waals surface area contributed by atoms with Crippen molar-refractivity contribution < 1.29 is 86.4 Å². The van der Waals surface area contributed by atoms with Gasteiger partial charge in [-0.05, 0) is 152 Å². The molecule has 14 aromatic rings. The number of benzene rings is 8. The number of esters is 2. The van der Waals surface area contributed by atoms with E-state index in [9.17, 15) is 49.2 Å². The van der Waals surface area contributed by atoms with Crippen molar-refractivity contribution >= 4 is 80.0 Å². The SMILES string of the molecule is COC(=O)c1cccc(C2=NC(=O)c3c(-c4cccc(C(=O)OC)c4)[nH]c(O)c32)c1.COc1cc(C)ccc1C1=NC(=O)c2c(-c3ccc(C)cc3OC)[nH]c(O)c21.COc1ccc(C2=NC(=O)c3c(-c4ccc(OC)c5ccccc45)[nH]c(O)c32)c2ccccc12.Cc1ccc(C2=NC(=O)c3c(-c4ccc(C)o4)[nH]c(O)c32)o1. The molecule has 0 saturated carbocycles. The second-order valence-electron chi connectivity index (χ2n) is 26.6. The lowest BCUT2D eigenvalue weighted by Gasteiger charge is -2.10. The molecule has 4 aliphatic heterocycles. The minimum Gasteiger partial charge on any atom is -0.496 e. The molecular weight excluding hydrogens is 1460 g/mol. The molecule has 568 valence electrons. The number of carbonyl (C=O) groups excluding carboxylic acids is 6. The van der Waals surface area contributed by atoms with Crippen LogP contribution in [0.3, 0.4) is 0 Å². The monoisotopic (exact) mass is 1520 g/mol. The molecule has 0 radical (unpaired) electrons. The van der Waals surface area contributed by atoms with Gasteiger partial charge in [-0.2, -0.15) is 0 Å². The number of aromatic hydroxyl groups is 4. The molecule has 4 aliphatic rings. The van der Waals surface area contributed by atoms with Crippen LogP contribution in [0.5, 0.6) is 46.5 Å². The average molecular weight is 1530 g/mol. The van der Waals surface area contributed by atoms with Gasteiger partial charge in [-0.15, -0.1) is 0 Å². The highest BCUT2D eigenvalue weighted by Crippen LogP contribution is 2.47. The van der Waals surface area contributed by atoms with Gasteiger partial charge >= 0.3 is 11.9 Å². The van der Waals surface area contributed by atoms with Crippen LogP contribution >= 0.6 is 0 Å². The van der Waals surface area contributed by atoms with Gasteiger partial charge in [0.2, 0.25) is 0 Å². The molecule has 0 atom stereocenters. The van der Waals surface area contributed by atoms with Gasteiger partial charge in [0.05, 0.1) is 138 Å². The number of fused-ring (bicyclic) bond motifs is 6. The molecular formula is C88H68N8O18. The second-order valence-corrected chi connectivity index (χ2v) is 26.6. The molecule has 0 fully saturated rings. The molecule has 114 heavy (non-hydrogen) atoms. The molecule has 0 aliphatic carbocycles. The van der Waals surface area contributed by atoms with E-state index in [-0.39, 0.29) is 40.4 Å². The number of rotatable bonds is 14. The number of aromatic amines is 4. The molecule has 0 unspecified atom stereocenters. The maximum Gasteiger partial charge on any atom is 0.337 e. The van der Waals surface area contributed by atoms with Crippen LogP contribution in [-0.2, 0) is 9.47 Å². The summed E-state index contributed by atoms with van der Waals surface area (Å²) in [6.45, 7) is 7.52. The number of methoxy groups -OCH3 is 6. The molecule has 26 nitrogen and oxygen atoms in total. The molecule has 0 bridgehead atoms. The highest BCUT2D eigenvalue weighted by atomic mass is 16.5. The van der Waals surface area contributed by atoms with Gasteiger partial charge in [0.25, 0.3) is 23.6 Å². The third-order valence-electron chi connectivity index (χ3n) is 19.6. The Balaban J connectivity index is 0.000000121. The first kappa shape index (κ1) is 74.1. The first-order valence-corrected chi connectivity index (χ1v) is 35.3. The number of nitrogens with one attached hydrogen (secondary N) is 4. The van der Waals surface area contributed by atoms with Crippen molar-refractivity contribution in [2.45, 2.75) is 27.7 Å². The molecule has 4 amide bonds. The summed E-state index contributed by atoms with van der Waals surface area (Å²) in [5, 5.41) is 46.0. The van der Waals surface area contributed by atoms with Crippen LogP contribution in [0.2, 0.25) is 0 Å². The van der Waals surface area contributed by atoms with Crippen molar-refractivity contribution in [3.63, 3.8) is 0 Å². The van der Waals surface area contributed by atoms with Crippen molar-refractivity contribution in [1.29, 1.82) is 0 Å². The number of aromatic nitrogens is 4. The van der Waals surface area contributed by atoms with Gasteiger partial charge < -0.3 is 77.6 Å². The quantitative estimate of drug-likeness (QED) is 0.0469. The van der Waals surface area contributed by atoms with E-state index in [4.69, 9.17) is 37.3 Å². The lowest BCUT2D eigenvalue weighted by Crippen LogP contribution is -2.05. The number of aryl methyl sites for hydroxylation is 4. The topological polar surface area (TPSA) is 378 Å². The van der Waals surface area contributed by atoms with E-state index in [0.29, 0.717) is 141 Å². The lowest BCUT2D eigenvalue weighted by atomic mass is 9.94. The Hall–Kier alpha value is -15.3. The normalized spacial score (nSPS) is 12.8. The zero-order valence-corrected chi connectivity index (χ0v) is 62.6. The largest absolute Gasteiger partial charge is 0.496 e. The summed E-state index contributed by atoms with van der Waals surface area (Å²) in [6, 6.07) is 54.3. The second kappa shape index (κ2) is 29.9. The Labute approximate surface area is 648 Å². The van der Waals surface area contributed by atoms with E-state index in [0.717, 1.165) is 55.3 Å². The third kappa shape index (κ3) is 13.0. The minimum absolute atomic E-state index is 0.0885. The van der Waals surface area contributed by atoms with Crippen molar-refractivity contribution in [3.05, 3.63) is 283 Å². The predicted molar refractivity (Wildman–Crippen MR) is 425 cm³/mol. The molecule has 0 saturated heterocycles. The number of furan rings is 2. The standard InChI is InChI=1S/C28H20N2O4.C22H16N2O6.C22H20N2O4.C16H12N2O4/c1-33-21-13-11-19(15-7-3-5-9-17(15)21)25-23-24(28(32)29-25)26(30-27(23)31)20-12-14-22(34-2)18-10-6-4-8-16(18)20;1-29-21(27)13-7-3-5-11(9-13)17-15-16(20(26)23-17)18(24-19(15)25)12-6-4-8-14(10-12)22(28)30-2;1-11-5-7-13(15(9-11)27-3)19-17-18(22(26)23-19)20(24-21(17)25)14-8-6-12(2)10-16(14)28-4;1-7-3-5-9(21-7)13-11-12(16(20)17-13)14(18-15(11)19)10-6-4-8(2)22-10/h3-14,29,32H,1-2H3;3-10,23,26H,1-2H3;5-10,23,26H,1-4H3;3-6,17,20H,1-2H3. The van der Waals surface area contributed by atoms with E-state index >= 15 is 0 Å². The fourth-order valence-corrected chi connectivity index (χ4v) is 14.4. The summed E-state index contributed by atoms with van der Waals surface area (Å²) in [7, 11) is 8.94. The summed E-state index contributed by atoms with van der Waals surface area (Å²) in [5.74, 6) is 1.62. The zero-order valence-electron chi connectivity index (χ0n) is 62.6. The van der Waals surface area contributed by atoms with E-state index in [1.807, 2.05) is 130 Å². The van der Waals surface area contributed by atoms with E-state index in [1.165, 1.54) is 20.3 Å². The molecule has 26 heteroatoms. The smallest absolute Gasteiger partial charge is 0.337 e. The summed E-state index contributed by atoms with van der Waals surface area (Å²) in [6.07, 6.45) is 0. The number of H-pyrrole nitrogens is 4. The summed E-state index contributed by atoms with van der Waals surface area (Å²) in [4.78, 5) is 103. The first-order valence-electron chi connectivity index (χ1n) is 35.3. The van der Waals surface area contributed by atoms with Crippen LogP contribution < -0.4 is 18.9 Å². The number of aliphatic imine (C=N–C) groups is 4. The molecule has 10 heterocycles. The molecule has 8 N–H and O–H groups in total. The van der Waals surface area contributed by atoms with Gasteiger partial charge in [-0.3, -0.25) is 19.2 Å². The predicted octanol–water partition coefficient (Wildman–Crippen LogP) is 15.8. The van der Waals surface area contributed by atoms with E-state index < -0.39 is 35.6 Å². The van der Waals surface area contributed by atoms with Gasteiger partial charge in [0.1, 0.15) is 40.2 Å². The van der Waals surface area contributed by atoms with Crippen molar-refractivity contribution in [2.24, 2.45) is 20.0 Å². The zero-order chi connectivity index (χ0) is 80.2. The lowest BCUT2D eigenvalue weighted by molar-refractivity contribution is 0.0592. The molecule has 18 rings (SSSR count). The number of ether oxygens (including phenoxy) is 6. The van der Waals surface area contributed by atoms with Crippen LogP contribution in [0, 0.1) is 27.7 Å². The fourth-order valence-electron chi connectivity index (χ4n) is 14.4. The Morgan fingerprint density at radius 1 is 0.325 bits per heavy atom. The molecule has 8 aromatic carbocycles. The maximum atomic E-state index is 13.2. The number of hydrogen-bond donors (Lipinski definition) is 8. The maximum absolute atomic E-state index is 13.2. The van der Waals surface area contributed by atoms with Crippen LogP contribution in [0.15, 0.2) is 211 Å².